The highest BCUT2D eigenvalue weighted by Crippen LogP contribution is 2.21. The number of urea groups is 1. The van der Waals surface area contributed by atoms with Crippen LogP contribution in [-0.4, -0.2) is 53.1 Å². The summed E-state index contributed by atoms with van der Waals surface area (Å²) in [7, 11) is 1.73. The van der Waals surface area contributed by atoms with Crippen molar-refractivity contribution in [2.75, 3.05) is 20.1 Å². The second-order valence-corrected chi connectivity index (χ2v) is 5.89. The molecule has 1 rings (SSSR count). The van der Waals surface area contributed by atoms with E-state index < -0.39 is 12.0 Å². The summed E-state index contributed by atoms with van der Waals surface area (Å²) in [4.78, 5) is 26.2. The molecule has 1 aliphatic heterocycles. The van der Waals surface area contributed by atoms with Crippen LogP contribution in [0.15, 0.2) is 0 Å². The van der Waals surface area contributed by atoms with Crippen LogP contribution in [0.2, 0.25) is 0 Å². The first kappa shape index (κ1) is 13.8. The molecular formula is C12H22N2O3. The normalized spacial score (nSPS) is 20.5. The molecule has 0 aliphatic carbocycles. The predicted molar refractivity (Wildman–Crippen MR) is 64.8 cm³/mol. The van der Waals surface area contributed by atoms with Gasteiger partial charge < -0.3 is 14.9 Å². The maximum Gasteiger partial charge on any atom is 0.326 e. The van der Waals surface area contributed by atoms with Crippen molar-refractivity contribution >= 4 is 12.0 Å². The maximum absolute atomic E-state index is 12.1. The number of likely N-dealkylation sites (tertiary alicyclic amines) is 1. The first-order valence-electron chi connectivity index (χ1n) is 5.97. The molecule has 17 heavy (non-hydrogen) atoms. The Morgan fingerprint density at radius 2 is 2.00 bits per heavy atom. The lowest BCUT2D eigenvalue weighted by molar-refractivity contribution is -0.141. The highest BCUT2D eigenvalue weighted by atomic mass is 16.4. The van der Waals surface area contributed by atoms with Crippen molar-refractivity contribution in [3.8, 4) is 0 Å². The standard InChI is InChI=1S/C12H22N2O3/c1-12(2,3)8-13(4)11(17)14-7-5-6-9(14)10(15)16/h9H,5-8H2,1-4H3,(H,15,16)/t9-/m0/s1. The topological polar surface area (TPSA) is 60.9 Å². The zero-order valence-corrected chi connectivity index (χ0v) is 11.1. The van der Waals surface area contributed by atoms with Crippen LogP contribution in [0.4, 0.5) is 4.79 Å². The molecule has 1 N–H and O–H groups in total. The smallest absolute Gasteiger partial charge is 0.326 e. The van der Waals surface area contributed by atoms with Gasteiger partial charge >= 0.3 is 12.0 Å². The largest absolute Gasteiger partial charge is 0.480 e. The number of nitrogens with zero attached hydrogens (tertiary/aromatic N) is 2. The Kier molecular flexibility index (Phi) is 4.01. The molecule has 2 amide bonds. The Labute approximate surface area is 102 Å². The van der Waals surface area contributed by atoms with Crippen molar-refractivity contribution < 1.29 is 14.7 Å². The summed E-state index contributed by atoms with van der Waals surface area (Å²) in [5, 5.41) is 9.03. The fourth-order valence-electron chi connectivity index (χ4n) is 2.25. The zero-order valence-electron chi connectivity index (χ0n) is 11.1. The molecule has 5 heteroatoms. The minimum absolute atomic E-state index is 0.0167. The van der Waals surface area contributed by atoms with E-state index in [1.54, 1.807) is 11.9 Å². The van der Waals surface area contributed by atoms with E-state index in [2.05, 4.69) is 20.8 Å². The van der Waals surface area contributed by atoms with Crippen molar-refractivity contribution in [3.63, 3.8) is 0 Å². The minimum Gasteiger partial charge on any atom is -0.480 e. The minimum atomic E-state index is -0.903. The van der Waals surface area contributed by atoms with Crippen LogP contribution < -0.4 is 0 Å². The van der Waals surface area contributed by atoms with E-state index in [4.69, 9.17) is 5.11 Å². The van der Waals surface area contributed by atoms with E-state index in [0.717, 1.165) is 6.42 Å². The van der Waals surface area contributed by atoms with Crippen LogP contribution in [0.3, 0.4) is 0 Å². The van der Waals surface area contributed by atoms with Crippen molar-refractivity contribution in [2.45, 2.75) is 39.7 Å². The van der Waals surface area contributed by atoms with Crippen LogP contribution >= 0.6 is 0 Å². The molecule has 0 aromatic heterocycles. The van der Waals surface area contributed by atoms with Crippen LogP contribution in [-0.2, 0) is 4.79 Å². The molecule has 1 atom stereocenters. The molecule has 98 valence electrons. The molecule has 0 bridgehead atoms. The van der Waals surface area contributed by atoms with Gasteiger partial charge in [0.25, 0.3) is 0 Å². The van der Waals surface area contributed by atoms with Gasteiger partial charge in [-0.05, 0) is 18.3 Å². The Morgan fingerprint density at radius 1 is 1.41 bits per heavy atom. The molecule has 5 nitrogen and oxygen atoms in total. The summed E-state index contributed by atoms with van der Waals surface area (Å²) in [6, 6.07) is -0.824. The molecule has 1 fully saturated rings. The van der Waals surface area contributed by atoms with Crippen molar-refractivity contribution in [1.82, 2.24) is 9.80 Å². The van der Waals surface area contributed by atoms with Gasteiger partial charge in [-0.15, -0.1) is 0 Å². The second-order valence-electron chi connectivity index (χ2n) is 5.89. The lowest BCUT2D eigenvalue weighted by Crippen LogP contribution is -2.48. The summed E-state index contributed by atoms with van der Waals surface area (Å²) in [6.07, 6.45) is 1.33. The second kappa shape index (κ2) is 4.94. The van der Waals surface area contributed by atoms with Gasteiger partial charge in [0, 0.05) is 20.1 Å². The Balaban J connectivity index is 2.66. The summed E-state index contributed by atoms with van der Waals surface area (Å²) >= 11 is 0. The Morgan fingerprint density at radius 3 is 2.47 bits per heavy atom. The number of aliphatic carboxylic acids is 1. The molecule has 1 heterocycles. The molecule has 0 saturated carbocycles. The van der Waals surface area contributed by atoms with Crippen LogP contribution in [0.1, 0.15) is 33.6 Å². The van der Waals surface area contributed by atoms with E-state index in [-0.39, 0.29) is 11.4 Å². The van der Waals surface area contributed by atoms with Gasteiger partial charge in [-0.1, -0.05) is 20.8 Å². The zero-order chi connectivity index (χ0) is 13.2. The van der Waals surface area contributed by atoms with E-state index in [1.165, 1.54) is 4.90 Å². The summed E-state index contributed by atoms with van der Waals surface area (Å²) in [5.41, 5.74) is 0.0167. The van der Waals surface area contributed by atoms with Gasteiger partial charge in [0.2, 0.25) is 0 Å². The molecule has 0 unspecified atom stereocenters. The summed E-state index contributed by atoms with van der Waals surface area (Å²) < 4.78 is 0. The third-order valence-corrected chi connectivity index (χ3v) is 2.82. The van der Waals surface area contributed by atoms with E-state index >= 15 is 0 Å². The van der Waals surface area contributed by atoms with Gasteiger partial charge in [-0.3, -0.25) is 0 Å². The quantitative estimate of drug-likeness (QED) is 0.800. The molecule has 0 aromatic carbocycles. The van der Waals surface area contributed by atoms with Gasteiger partial charge in [0.15, 0.2) is 0 Å². The summed E-state index contributed by atoms with van der Waals surface area (Å²) in [5.74, 6) is -0.903. The Hall–Kier alpha value is -1.26. The van der Waals surface area contributed by atoms with Gasteiger partial charge in [0.05, 0.1) is 0 Å². The molecule has 0 aromatic rings. The fraction of sp³-hybridized carbons (Fsp3) is 0.833. The average Bonchev–Trinajstić information content (AvgIpc) is 2.61. The third kappa shape index (κ3) is 3.61. The van der Waals surface area contributed by atoms with E-state index in [1.807, 2.05) is 0 Å². The van der Waals surface area contributed by atoms with Crippen LogP contribution in [0, 0.1) is 5.41 Å². The SMILES string of the molecule is CN(CC(C)(C)C)C(=O)N1CCC[C@H]1C(=O)O. The number of hydrogen-bond acceptors (Lipinski definition) is 2. The monoisotopic (exact) mass is 242 g/mol. The maximum atomic E-state index is 12.1. The average molecular weight is 242 g/mol. The number of rotatable bonds is 2. The number of carbonyl (C=O) groups excluding carboxylic acids is 1. The number of hydrogen-bond donors (Lipinski definition) is 1. The lowest BCUT2D eigenvalue weighted by atomic mass is 9.96. The lowest BCUT2D eigenvalue weighted by Gasteiger charge is -2.31. The molecule has 0 radical (unpaired) electrons. The fourth-order valence-corrected chi connectivity index (χ4v) is 2.25. The van der Waals surface area contributed by atoms with Gasteiger partial charge in [0.1, 0.15) is 6.04 Å². The molecule has 1 aliphatic rings. The van der Waals surface area contributed by atoms with Crippen LogP contribution in [0.5, 0.6) is 0 Å². The van der Waals surface area contributed by atoms with E-state index in [0.29, 0.717) is 19.5 Å². The van der Waals surface area contributed by atoms with Gasteiger partial charge in [-0.25, -0.2) is 9.59 Å². The predicted octanol–water partition coefficient (Wildman–Crippen LogP) is 1.63. The third-order valence-electron chi connectivity index (χ3n) is 2.82. The highest BCUT2D eigenvalue weighted by molar-refractivity contribution is 5.83. The number of carbonyl (C=O) groups is 2. The summed E-state index contributed by atoms with van der Waals surface area (Å²) in [6.45, 7) is 7.32. The molecule has 1 saturated heterocycles. The molecule has 0 spiro atoms. The Bertz CT molecular complexity index is 309. The molecular weight excluding hydrogens is 220 g/mol. The van der Waals surface area contributed by atoms with Crippen molar-refractivity contribution in [1.29, 1.82) is 0 Å². The number of carboxylic acids is 1. The van der Waals surface area contributed by atoms with E-state index in [9.17, 15) is 9.59 Å². The van der Waals surface area contributed by atoms with Crippen LogP contribution in [0.25, 0.3) is 0 Å². The van der Waals surface area contributed by atoms with Gasteiger partial charge in [-0.2, -0.15) is 0 Å². The number of amides is 2. The first-order valence-corrected chi connectivity index (χ1v) is 5.97. The van der Waals surface area contributed by atoms with Crippen molar-refractivity contribution in [2.24, 2.45) is 5.41 Å². The highest BCUT2D eigenvalue weighted by Gasteiger charge is 2.35. The van der Waals surface area contributed by atoms with Crippen molar-refractivity contribution in [3.05, 3.63) is 0 Å². The first-order chi connectivity index (χ1) is 7.72. The number of carboxylic acid groups (broad SMARTS) is 1.